The molecule has 7 heteroatoms. The topological polar surface area (TPSA) is 95.9 Å². The molecule has 1 atom stereocenters. The molecule has 23 heavy (non-hydrogen) atoms. The van der Waals surface area contributed by atoms with Crippen LogP contribution in [0.25, 0.3) is 0 Å². The fraction of sp³-hybridized carbons (Fsp3) is 0.438. The normalized spacial score (nSPS) is 17.7. The van der Waals surface area contributed by atoms with E-state index in [9.17, 15) is 14.4 Å². The third-order valence-electron chi connectivity index (χ3n) is 3.67. The van der Waals surface area contributed by atoms with E-state index in [0.29, 0.717) is 13.0 Å². The highest BCUT2D eigenvalue weighted by Gasteiger charge is 2.30. The van der Waals surface area contributed by atoms with Gasteiger partial charge in [0.2, 0.25) is 5.91 Å². The van der Waals surface area contributed by atoms with Gasteiger partial charge < -0.3 is 20.1 Å². The Labute approximate surface area is 134 Å². The van der Waals surface area contributed by atoms with Crippen molar-refractivity contribution in [3.63, 3.8) is 0 Å². The molecular formula is C16H20N2O5. The van der Waals surface area contributed by atoms with E-state index in [4.69, 9.17) is 9.84 Å². The number of rotatable bonds is 6. The Kier molecular flexibility index (Phi) is 5.96. The summed E-state index contributed by atoms with van der Waals surface area (Å²) in [5.41, 5.74) is 0.879. The third kappa shape index (κ3) is 5.28. The Morgan fingerprint density at radius 1 is 1.30 bits per heavy atom. The van der Waals surface area contributed by atoms with E-state index in [1.165, 1.54) is 4.90 Å². The monoisotopic (exact) mass is 320 g/mol. The van der Waals surface area contributed by atoms with Crippen molar-refractivity contribution in [3.8, 4) is 0 Å². The number of nitrogens with zero attached hydrogens (tertiary/aromatic N) is 1. The number of carbonyl (C=O) groups excluding carboxylic acids is 2. The van der Waals surface area contributed by atoms with Gasteiger partial charge in [0.05, 0.1) is 5.92 Å². The molecule has 1 unspecified atom stereocenters. The van der Waals surface area contributed by atoms with Gasteiger partial charge in [-0.15, -0.1) is 0 Å². The van der Waals surface area contributed by atoms with Crippen LogP contribution in [-0.4, -0.2) is 47.6 Å². The Morgan fingerprint density at radius 2 is 2.04 bits per heavy atom. The summed E-state index contributed by atoms with van der Waals surface area (Å²) in [6.07, 6.45) is 0.773. The van der Waals surface area contributed by atoms with Crippen LogP contribution in [0.15, 0.2) is 30.3 Å². The largest absolute Gasteiger partial charge is 0.480 e. The number of hydrogen-bond donors (Lipinski definition) is 2. The molecule has 7 nitrogen and oxygen atoms in total. The van der Waals surface area contributed by atoms with Crippen LogP contribution in [0.1, 0.15) is 18.4 Å². The van der Waals surface area contributed by atoms with Crippen LogP contribution in [0.4, 0.5) is 4.79 Å². The first-order valence-corrected chi connectivity index (χ1v) is 7.51. The van der Waals surface area contributed by atoms with Crippen molar-refractivity contribution in [2.45, 2.75) is 19.4 Å². The second-order valence-corrected chi connectivity index (χ2v) is 5.44. The van der Waals surface area contributed by atoms with Gasteiger partial charge in [0.25, 0.3) is 0 Å². The summed E-state index contributed by atoms with van der Waals surface area (Å²) >= 11 is 0. The molecular weight excluding hydrogens is 300 g/mol. The summed E-state index contributed by atoms with van der Waals surface area (Å²) in [4.78, 5) is 35.8. The average Bonchev–Trinajstić information content (AvgIpc) is 2.54. The van der Waals surface area contributed by atoms with Gasteiger partial charge in [-0.3, -0.25) is 9.59 Å². The Hall–Kier alpha value is -2.57. The van der Waals surface area contributed by atoms with Crippen LogP contribution in [0.3, 0.4) is 0 Å². The number of hydrogen-bond acceptors (Lipinski definition) is 4. The molecule has 0 bridgehead atoms. The standard InChI is InChI=1S/C16H20N2O5/c19-14(20)10-18-8-4-7-13(15(18)21)9-17-16(22)23-11-12-5-2-1-3-6-12/h1-3,5-6,13H,4,7-11H2,(H,17,22)(H,19,20). The Morgan fingerprint density at radius 3 is 2.74 bits per heavy atom. The maximum Gasteiger partial charge on any atom is 0.407 e. The second-order valence-electron chi connectivity index (χ2n) is 5.44. The van der Waals surface area contributed by atoms with Gasteiger partial charge in [0.15, 0.2) is 0 Å². The molecule has 1 aromatic carbocycles. The molecule has 1 heterocycles. The van der Waals surface area contributed by atoms with Crippen molar-refractivity contribution < 1.29 is 24.2 Å². The summed E-state index contributed by atoms with van der Waals surface area (Å²) in [6, 6.07) is 9.28. The van der Waals surface area contributed by atoms with Crippen LogP contribution in [-0.2, 0) is 20.9 Å². The number of carbonyl (C=O) groups is 3. The van der Waals surface area contributed by atoms with Gasteiger partial charge in [-0.2, -0.15) is 0 Å². The van der Waals surface area contributed by atoms with Gasteiger partial charge in [0, 0.05) is 13.1 Å². The molecule has 1 saturated heterocycles. The molecule has 2 rings (SSSR count). The number of ether oxygens (including phenoxy) is 1. The number of carboxylic acids is 1. The Bertz CT molecular complexity index is 561. The lowest BCUT2D eigenvalue weighted by Crippen LogP contribution is -2.47. The van der Waals surface area contributed by atoms with E-state index < -0.39 is 18.0 Å². The zero-order valence-corrected chi connectivity index (χ0v) is 12.7. The van der Waals surface area contributed by atoms with E-state index in [0.717, 1.165) is 12.0 Å². The summed E-state index contributed by atoms with van der Waals surface area (Å²) in [7, 11) is 0. The molecule has 2 N–H and O–H groups in total. The van der Waals surface area contributed by atoms with Crippen LogP contribution in [0, 0.1) is 5.92 Å². The smallest absolute Gasteiger partial charge is 0.407 e. The van der Waals surface area contributed by atoms with Crippen LogP contribution in [0.2, 0.25) is 0 Å². The fourth-order valence-electron chi connectivity index (χ4n) is 2.51. The molecule has 0 saturated carbocycles. The van der Waals surface area contributed by atoms with Gasteiger partial charge in [-0.25, -0.2) is 4.79 Å². The lowest BCUT2D eigenvalue weighted by atomic mass is 9.97. The van der Waals surface area contributed by atoms with E-state index in [1.54, 1.807) is 0 Å². The van der Waals surface area contributed by atoms with E-state index in [2.05, 4.69) is 5.32 Å². The molecule has 1 aromatic rings. The minimum atomic E-state index is -1.03. The summed E-state index contributed by atoms with van der Waals surface area (Å²) in [5.74, 6) is -1.66. The van der Waals surface area contributed by atoms with Crippen molar-refractivity contribution in [1.29, 1.82) is 0 Å². The molecule has 124 valence electrons. The van der Waals surface area contributed by atoms with Gasteiger partial charge in [0.1, 0.15) is 13.2 Å². The molecule has 0 spiro atoms. The number of aliphatic carboxylic acids is 1. The molecule has 0 aliphatic carbocycles. The highest BCUT2D eigenvalue weighted by molar-refractivity contribution is 5.84. The Balaban J connectivity index is 1.75. The SMILES string of the molecule is O=C(O)CN1CCCC(CNC(=O)OCc2ccccc2)C1=O. The summed E-state index contributed by atoms with van der Waals surface area (Å²) in [5, 5.41) is 11.4. The van der Waals surface area contributed by atoms with Crippen molar-refractivity contribution in [2.24, 2.45) is 5.92 Å². The number of benzene rings is 1. The molecule has 0 aromatic heterocycles. The zero-order chi connectivity index (χ0) is 16.7. The van der Waals surface area contributed by atoms with E-state index >= 15 is 0 Å². The van der Waals surface area contributed by atoms with Crippen molar-refractivity contribution in [3.05, 3.63) is 35.9 Å². The van der Waals surface area contributed by atoms with Gasteiger partial charge in [-0.1, -0.05) is 30.3 Å². The highest BCUT2D eigenvalue weighted by Crippen LogP contribution is 2.17. The quantitative estimate of drug-likeness (QED) is 0.822. The maximum absolute atomic E-state index is 12.1. The first-order chi connectivity index (χ1) is 11.1. The number of carboxylic acid groups (broad SMARTS) is 1. The van der Waals surface area contributed by atoms with E-state index in [-0.39, 0.29) is 25.6 Å². The van der Waals surface area contributed by atoms with Crippen molar-refractivity contribution in [1.82, 2.24) is 10.2 Å². The van der Waals surface area contributed by atoms with Crippen LogP contribution in [0.5, 0.6) is 0 Å². The lowest BCUT2D eigenvalue weighted by Gasteiger charge is -2.31. The highest BCUT2D eigenvalue weighted by atomic mass is 16.5. The van der Waals surface area contributed by atoms with Crippen molar-refractivity contribution in [2.75, 3.05) is 19.6 Å². The number of amides is 2. The number of nitrogens with one attached hydrogen (secondary N) is 1. The summed E-state index contributed by atoms with van der Waals surface area (Å²) in [6.45, 7) is 0.465. The second kappa shape index (κ2) is 8.17. The summed E-state index contributed by atoms with van der Waals surface area (Å²) < 4.78 is 5.08. The van der Waals surface area contributed by atoms with Gasteiger partial charge in [-0.05, 0) is 18.4 Å². The lowest BCUT2D eigenvalue weighted by molar-refractivity contribution is -0.148. The number of piperidine rings is 1. The van der Waals surface area contributed by atoms with Gasteiger partial charge >= 0.3 is 12.1 Å². The molecule has 1 fully saturated rings. The fourth-order valence-corrected chi connectivity index (χ4v) is 2.51. The predicted octanol–water partition coefficient (Wildman–Crippen LogP) is 1.24. The zero-order valence-electron chi connectivity index (χ0n) is 12.7. The number of alkyl carbamates (subject to hydrolysis) is 1. The first kappa shape index (κ1) is 16.8. The van der Waals surface area contributed by atoms with Crippen LogP contribution < -0.4 is 5.32 Å². The molecule has 1 aliphatic rings. The average molecular weight is 320 g/mol. The van der Waals surface area contributed by atoms with E-state index in [1.807, 2.05) is 30.3 Å². The number of likely N-dealkylation sites (tertiary alicyclic amines) is 1. The predicted molar refractivity (Wildman–Crippen MR) is 81.6 cm³/mol. The molecule has 0 radical (unpaired) electrons. The maximum atomic E-state index is 12.1. The first-order valence-electron chi connectivity index (χ1n) is 7.51. The molecule has 2 amide bonds. The minimum Gasteiger partial charge on any atom is -0.480 e. The molecule has 1 aliphatic heterocycles. The van der Waals surface area contributed by atoms with Crippen molar-refractivity contribution >= 4 is 18.0 Å². The van der Waals surface area contributed by atoms with Crippen LogP contribution >= 0.6 is 0 Å². The minimum absolute atomic E-state index is 0.155. The third-order valence-corrected chi connectivity index (χ3v) is 3.67.